The molecule has 1 saturated heterocycles. The van der Waals surface area contributed by atoms with Crippen molar-refractivity contribution in [2.24, 2.45) is 5.92 Å². The zero-order valence-electron chi connectivity index (χ0n) is 11.7. The van der Waals surface area contributed by atoms with Crippen LogP contribution >= 0.6 is 23.2 Å². The van der Waals surface area contributed by atoms with E-state index in [9.17, 15) is 9.59 Å². The first-order chi connectivity index (χ1) is 9.88. The molecule has 114 valence electrons. The van der Waals surface area contributed by atoms with Gasteiger partial charge in [-0.15, -0.1) is 0 Å². The van der Waals surface area contributed by atoms with Gasteiger partial charge in [-0.3, -0.25) is 9.59 Å². The number of hydrogen-bond donors (Lipinski definition) is 1. The Balaban J connectivity index is 2.07. The third-order valence-electron chi connectivity index (χ3n) is 3.89. The van der Waals surface area contributed by atoms with E-state index in [4.69, 9.17) is 28.3 Å². The zero-order chi connectivity index (χ0) is 15.6. The number of carboxylic acids is 1. The van der Waals surface area contributed by atoms with Crippen molar-refractivity contribution in [3.05, 3.63) is 33.8 Å². The molecule has 1 aromatic carbocycles. The normalized spacial score (nSPS) is 22.1. The van der Waals surface area contributed by atoms with Gasteiger partial charge in [0.15, 0.2) is 0 Å². The van der Waals surface area contributed by atoms with E-state index < -0.39 is 11.9 Å². The van der Waals surface area contributed by atoms with Crippen LogP contribution in [0.1, 0.15) is 25.3 Å². The molecule has 0 aromatic heterocycles. The first-order valence-corrected chi connectivity index (χ1v) is 7.60. The quantitative estimate of drug-likeness (QED) is 0.926. The molecule has 1 fully saturated rings. The number of amides is 1. The van der Waals surface area contributed by atoms with Gasteiger partial charge in [0, 0.05) is 12.6 Å². The maximum atomic E-state index is 12.4. The number of piperidine rings is 1. The lowest BCUT2D eigenvalue weighted by Crippen LogP contribution is -2.47. The van der Waals surface area contributed by atoms with Crippen molar-refractivity contribution in [2.75, 3.05) is 6.54 Å². The summed E-state index contributed by atoms with van der Waals surface area (Å²) in [5.74, 6) is -1.39. The Hall–Kier alpha value is -1.26. The Morgan fingerprint density at radius 1 is 1.29 bits per heavy atom. The van der Waals surface area contributed by atoms with E-state index in [0.717, 1.165) is 5.56 Å². The SMILES string of the molecule is CC1CCC(C(=O)O)CN1C(=O)Cc1ccc(Cl)c(Cl)c1. The molecule has 2 atom stereocenters. The second-order valence-electron chi connectivity index (χ2n) is 5.43. The van der Waals surface area contributed by atoms with Crippen molar-refractivity contribution < 1.29 is 14.7 Å². The van der Waals surface area contributed by atoms with E-state index in [2.05, 4.69) is 0 Å². The number of aliphatic carboxylic acids is 1. The first kappa shape index (κ1) is 16.1. The monoisotopic (exact) mass is 329 g/mol. The molecule has 1 aromatic rings. The maximum Gasteiger partial charge on any atom is 0.308 e. The summed E-state index contributed by atoms with van der Waals surface area (Å²) in [6, 6.07) is 5.16. The summed E-state index contributed by atoms with van der Waals surface area (Å²) < 4.78 is 0. The minimum atomic E-state index is -0.839. The molecule has 1 N–H and O–H groups in total. The minimum Gasteiger partial charge on any atom is -0.481 e. The molecule has 1 amide bonds. The van der Waals surface area contributed by atoms with E-state index in [-0.39, 0.29) is 24.9 Å². The Kier molecular flexibility index (Phi) is 5.12. The number of benzene rings is 1. The third kappa shape index (κ3) is 3.89. The fourth-order valence-electron chi connectivity index (χ4n) is 2.58. The van der Waals surface area contributed by atoms with Crippen LogP contribution in [0.5, 0.6) is 0 Å². The van der Waals surface area contributed by atoms with Crippen molar-refractivity contribution in [3.63, 3.8) is 0 Å². The number of hydrogen-bond acceptors (Lipinski definition) is 2. The highest BCUT2D eigenvalue weighted by Crippen LogP contribution is 2.25. The summed E-state index contributed by atoms with van der Waals surface area (Å²) in [6.07, 6.45) is 1.53. The molecule has 0 radical (unpaired) electrons. The lowest BCUT2D eigenvalue weighted by atomic mass is 9.93. The Morgan fingerprint density at radius 2 is 2.00 bits per heavy atom. The van der Waals surface area contributed by atoms with Gasteiger partial charge in [0.2, 0.25) is 5.91 Å². The number of likely N-dealkylation sites (tertiary alicyclic amines) is 1. The van der Waals surface area contributed by atoms with Crippen LogP contribution in [0, 0.1) is 5.92 Å². The minimum absolute atomic E-state index is 0.0656. The van der Waals surface area contributed by atoms with Crippen molar-refractivity contribution >= 4 is 35.1 Å². The Morgan fingerprint density at radius 3 is 2.62 bits per heavy atom. The maximum absolute atomic E-state index is 12.4. The predicted octanol–water partition coefficient (Wildman–Crippen LogP) is 3.25. The van der Waals surface area contributed by atoms with Crippen LogP contribution in [-0.2, 0) is 16.0 Å². The first-order valence-electron chi connectivity index (χ1n) is 6.84. The lowest BCUT2D eigenvalue weighted by molar-refractivity contribution is -0.146. The average Bonchev–Trinajstić information content (AvgIpc) is 2.43. The van der Waals surface area contributed by atoms with E-state index in [0.29, 0.717) is 22.9 Å². The molecule has 4 nitrogen and oxygen atoms in total. The second-order valence-corrected chi connectivity index (χ2v) is 6.25. The summed E-state index contributed by atoms with van der Waals surface area (Å²) in [5.41, 5.74) is 0.777. The molecule has 0 spiro atoms. The summed E-state index contributed by atoms with van der Waals surface area (Å²) in [4.78, 5) is 25.2. The number of rotatable bonds is 3. The number of halogens is 2. The van der Waals surface area contributed by atoms with Crippen LogP contribution in [-0.4, -0.2) is 34.5 Å². The molecule has 1 aliphatic heterocycles. The van der Waals surface area contributed by atoms with E-state index >= 15 is 0 Å². The summed E-state index contributed by atoms with van der Waals surface area (Å²) in [7, 11) is 0. The molecule has 0 saturated carbocycles. The molecular weight excluding hydrogens is 313 g/mol. The standard InChI is InChI=1S/C15H17Cl2NO3/c1-9-2-4-11(15(20)21)8-18(9)14(19)7-10-3-5-12(16)13(17)6-10/h3,5-6,9,11H,2,4,7-8H2,1H3,(H,20,21). The highest BCUT2D eigenvalue weighted by Gasteiger charge is 2.32. The molecule has 21 heavy (non-hydrogen) atoms. The van der Waals surface area contributed by atoms with Crippen molar-refractivity contribution in [1.82, 2.24) is 4.90 Å². The Bertz CT molecular complexity index is 562. The third-order valence-corrected chi connectivity index (χ3v) is 4.63. The van der Waals surface area contributed by atoms with Gasteiger partial charge in [-0.2, -0.15) is 0 Å². The van der Waals surface area contributed by atoms with Crippen molar-refractivity contribution in [1.29, 1.82) is 0 Å². The topological polar surface area (TPSA) is 57.6 Å². The molecule has 1 heterocycles. The van der Waals surface area contributed by atoms with E-state index in [1.165, 1.54) is 0 Å². The summed E-state index contributed by atoms with van der Waals surface area (Å²) >= 11 is 11.8. The van der Waals surface area contributed by atoms with Gasteiger partial charge < -0.3 is 10.0 Å². The van der Waals surface area contributed by atoms with Crippen LogP contribution in [0.3, 0.4) is 0 Å². The number of nitrogens with zero attached hydrogens (tertiary/aromatic N) is 1. The summed E-state index contributed by atoms with van der Waals surface area (Å²) in [5, 5.41) is 9.97. The van der Waals surface area contributed by atoms with E-state index in [1.54, 1.807) is 23.1 Å². The van der Waals surface area contributed by atoms with Gasteiger partial charge in [-0.25, -0.2) is 0 Å². The molecule has 6 heteroatoms. The lowest BCUT2D eigenvalue weighted by Gasteiger charge is -2.36. The van der Waals surface area contributed by atoms with Crippen molar-refractivity contribution in [3.8, 4) is 0 Å². The molecule has 0 bridgehead atoms. The molecule has 0 aliphatic carbocycles. The largest absolute Gasteiger partial charge is 0.481 e. The summed E-state index contributed by atoms with van der Waals surface area (Å²) in [6.45, 7) is 2.22. The van der Waals surface area contributed by atoms with Gasteiger partial charge >= 0.3 is 5.97 Å². The van der Waals surface area contributed by atoms with Gasteiger partial charge in [0.1, 0.15) is 0 Å². The molecule has 2 unspecified atom stereocenters. The smallest absolute Gasteiger partial charge is 0.308 e. The average molecular weight is 330 g/mol. The molecule has 2 rings (SSSR count). The predicted molar refractivity (Wildman–Crippen MR) is 81.7 cm³/mol. The number of carbonyl (C=O) groups is 2. The van der Waals surface area contributed by atoms with Crippen molar-refractivity contribution in [2.45, 2.75) is 32.2 Å². The fourth-order valence-corrected chi connectivity index (χ4v) is 2.90. The number of carbonyl (C=O) groups excluding carboxylic acids is 1. The van der Waals surface area contributed by atoms with Gasteiger partial charge in [-0.05, 0) is 37.5 Å². The van der Waals surface area contributed by atoms with Crippen LogP contribution in [0.25, 0.3) is 0 Å². The molecule has 1 aliphatic rings. The van der Waals surface area contributed by atoms with Gasteiger partial charge in [0.25, 0.3) is 0 Å². The highest BCUT2D eigenvalue weighted by atomic mass is 35.5. The van der Waals surface area contributed by atoms with Crippen LogP contribution in [0.2, 0.25) is 10.0 Å². The number of carboxylic acid groups (broad SMARTS) is 1. The Labute approximate surface area is 133 Å². The van der Waals surface area contributed by atoms with E-state index in [1.807, 2.05) is 6.92 Å². The molecular formula is C15H17Cl2NO3. The van der Waals surface area contributed by atoms with Crippen LogP contribution < -0.4 is 0 Å². The zero-order valence-corrected chi connectivity index (χ0v) is 13.2. The van der Waals surface area contributed by atoms with Gasteiger partial charge in [-0.1, -0.05) is 29.3 Å². The fraction of sp³-hybridized carbons (Fsp3) is 0.467. The second kappa shape index (κ2) is 6.67. The van der Waals surface area contributed by atoms with Gasteiger partial charge in [0.05, 0.1) is 22.4 Å². The highest BCUT2D eigenvalue weighted by molar-refractivity contribution is 6.42. The van der Waals surface area contributed by atoms with Crippen LogP contribution in [0.4, 0.5) is 0 Å². The van der Waals surface area contributed by atoms with Crippen LogP contribution in [0.15, 0.2) is 18.2 Å².